The van der Waals surface area contributed by atoms with Crippen LogP contribution in [0, 0.1) is 19.7 Å². The maximum Gasteiger partial charge on any atom is 0.141 e. The van der Waals surface area contributed by atoms with Crippen LogP contribution >= 0.6 is 11.6 Å². The monoisotopic (exact) mass is 293 g/mol. The van der Waals surface area contributed by atoms with E-state index < -0.39 is 5.82 Å². The number of benzene rings is 1. The molecule has 0 saturated heterocycles. The van der Waals surface area contributed by atoms with Crippen molar-refractivity contribution in [3.63, 3.8) is 0 Å². The molecule has 106 valence electrons. The summed E-state index contributed by atoms with van der Waals surface area (Å²) in [5.41, 5.74) is 2.50. The molecule has 0 atom stereocenters. The van der Waals surface area contributed by atoms with Crippen LogP contribution in [-0.2, 0) is 0 Å². The molecular formula is C15H17ClFN3. The number of rotatable bonds is 4. The average molecular weight is 294 g/mol. The summed E-state index contributed by atoms with van der Waals surface area (Å²) in [4.78, 5) is 8.86. The molecular weight excluding hydrogens is 277 g/mol. The van der Waals surface area contributed by atoms with Gasteiger partial charge in [0.25, 0.3) is 0 Å². The van der Waals surface area contributed by atoms with E-state index in [1.807, 2.05) is 13.8 Å². The summed E-state index contributed by atoms with van der Waals surface area (Å²) in [6, 6.07) is 4.63. The van der Waals surface area contributed by atoms with Gasteiger partial charge in [-0.1, -0.05) is 18.5 Å². The molecule has 2 rings (SSSR count). The normalized spacial score (nSPS) is 10.7. The van der Waals surface area contributed by atoms with E-state index in [2.05, 4.69) is 22.2 Å². The maximum absolute atomic E-state index is 13.3. The highest BCUT2D eigenvalue weighted by molar-refractivity contribution is 6.31. The van der Waals surface area contributed by atoms with Gasteiger partial charge < -0.3 is 5.32 Å². The van der Waals surface area contributed by atoms with Crippen LogP contribution in [0.3, 0.4) is 0 Å². The van der Waals surface area contributed by atoms with Crippen molar-refractivity contribution >= 4 is 17.4 Å². The number of anilines is 1. The molecule has 0 amide bonds. The van der Waals surface area contributed by atoms with Gasteiger partial charge in [-0.05, 0) is 38.5 Å². The minimum absolute atomic E-state index is 0.0984. The Balaban J connectivity index is 2.50. The van der Waals surface area contributed by atoms with Gasteiger partial charge in [-0.3, -0.25) is 0 Å². The number of aromatic nitrogens is 2. The molecule has 3 nitrogen and oxygen atoms in total. The van der Waals surface area contributed by atoms with E-state index >= 15 is 0 Å². The van der Waals surface area contributed by atoms with Crippen LogP contribution in [0.4, 0.5) is 10.2 Å². The third-order valence-electron chi connectivity index (χ3n) is 2.99. The third-order valence-corrected chi connectivity index (χ3v) is 3.28. The van der Waals surface area contributed by atoms with Gasteiger partial charge >= 0.3 is 0 Å². The van der Waals surface area contributed by atoms with Crippen molar-refractivity contribution < 1.29 is 4.39 Å². The molecule has 1 heterocycles. The molecule has 1 aromatic carbocycles. The van der Waals surface area contributed by atoms with E-state index in [0.717, 1.165) is 35.6 Å². The summed E-state index contributed by atoms with van der Waals surface area (Å²) >= 11 is 5.85. The van der Waals surface area contributed by atoms with Crippen molar-refractivity contribution in [2.45, 2.75) is 27.2 Å². The van der Waals surface area contributed by atoms with E-state index in [4.69, 9.17) is 11.6 Å². The lowest BCUT2D eigenvalue weighted by Crippen LogP contribution is -2.07. The molecule has 5 heteroatoms. The second-order valence-electron chi connectivity index (χ2n) is 4.65. The molecule has 0 aliphatic rings. The standard InChI is InChI=1S/C15H17ClFN3/c1-4-7-18-15-9(2)14(19-10(3)20-15)11-5-6-13(17)12(16)8-11/h5-6,8H,4,7H2,1-3H3,(H,18,19,20). The van der Waals surface area contributed by atoms with Crippen molar-refractivity contribution in [1.29, 1.82) is 0 Å². The van der Waals surface area contributed by atoms with Crippen molar-refractivity contribution in [3.05, 3.63) is 40.4 Å². The first-order chi connectivity index (χ1) is 9.52. The molecule has 0 saturated carbocycles. The molecule has 0 radical (unpaired) electrons. The van der Waals surface area contributed by atoms with Crippen molar-refractivity contribution in [3.8, 4) is 11.3 Å². The van der Waals surface area contributed by atoms with E-state index in [-0.39, 0.29) is 5.02 Å². The van der Waals surface area contributed by atoms with E-state index in [1.54, 1.807) is 12.1 Å². The van der Waals surface area contributed by atoms with Gasteiger partial charge in [0.15, 0.2) is 0 Å². The van der Waals surface area contributed by atoms with Crippen LogP contribution in [-0.4, -0.2) is 16.5 Å². The SMILES string of the molecule is CCCNc1nc(C)nc(-c2ccc(F)c(Cl)c2)c1C. The number of nitrogens with zero attached hydrogens (tertiary/aromatic N) is 2. The third kappa shape index (κ3) is 3.07. The smallest absolute Gasteiger partial charge is 0.141 e. The Morgan fingerprint density at radius 3 is 2.65 bits per heavy atom. The Labute approximate surface area is 123 Å². The van der Waals surface area contributed by atoms with Crippen LogP contribution in [0.1, 0.15) is 24.7 Å². The summed E-state index contributed by atoms with van der Waals surface area (Å²) in [5, 5.41) is 3.38. The summed E-state index contributed by atoms with van der Waals surface area (Å²) in [6.45, 7) is 6.73. The van der Waals surface area contributed by atoms with E-state index in [1.165, 1.54) is 6.07 Å². The molecule has 2 aromatic rings. The maximum atomic E-state index is 13.3. The lowest BCUT2D eigenvalue weighted by Gasteiger charge is -2.13. The zero-order valence-corrected chi connectivity index (χ0v) is 12.6. The lowest BCUT2D eigenvalue weighted by molar-refractivity contribution is 0.628. The van der Waals surface area contributed by atoms with Gasteiger partial charge in [-0.2, -0.15) is 0 Å². The summed E-state index contributed by atoms with van der Waals surface area (Å²) < 4.78 is 13.3. The first kappa shape index (κ1) is 14.7. The molecule has 1 N–H and O–H groups in total. The molecule has 0 unspecified atom stereocenters. The number of hydrogen-bond acceptors (Lipinski definition) is 3. The highest BCUT2D eigenvalue weighted by Gasteiger charge is 2.12. The van der Waals surface area contributed by atoms with E-state index in [9.17, 15) is 4.39 Å². The Kier molecular flexibility index (Phi) is 4.55. The summed E-state index contributed by atoms with van der Waals surface area (Å²) in [6.07, 6.45) is 1.01. The molecule has 0 aliphatic carbocycles. The number of hydrogen-bond donors (Lipinski definition) is 1. The predicted molar refractivity (Wildman–Crippen MR) is 80.7 cm³/mol. The van der Waals surface area contributed by atoms with E-state index in [0.29, 0.717) is 5.82 Å². The van der Waals surface area contributed by atoms with Crippen LogP contribution in [0.2, 0.25) is 5.02 Å². The molecule has 0 spiro atoms. The quantitative estimate of drug-likeness (QED) is 0.909. The van der Waals surface area contributed by atoms with Crippen LogP contribution in [0.25, 0.3) is 11.3 Å². The van der Waals surface area contributed by atoms with Crippen LogP contribution < -0.4 is 5.32 Å². The molecule has 20 heavy (non-hydrogen) atoms. The highest BCUT2D eigenvalue weighted by atomic mass is 35.5. The number of halogens is 2. The molecule has 1 aromatic heterocycles. The summed E-state index contributed by atoms with van der Waals surface area (Å²) in [5.74, 6) is 1.06. The lowest BCUT2D eigenvalue weighted by atomic mass is 10.1. The first-order valence-corrected chi connectivity index (χ1v) is 6.95. The van der Waals surface area contributed by atoms with Crippen molar-refractivity contribution in [1.82, 2.24) is 9.97 Å². The van der Waals surface area contributed by atoms with Gasteiger partial charge in [0.05, 0.1) is 10.7 Å². The number of aryl methyl sites for hydroxylation is 1. The highest BCUT2D eigenvalue weighted by Crippen LogP contribution is 2.28. The zero-order chi connectivity index (χ0) is 14.7. The molecule has 0 bridgehead atoms. The van der Waals surface area contributed by atoms with Gasteiger partial charge in [-0.15, -0.1) is 0 Å². The van der Waals surface area contributed by atoms with Crippen molar-refractivity contribution in [2.24, 2.45) is 0 Å². The van der Waals surface area contributed by atoms with Gasteiger partial charge in [0.2, 0.25) is 0 Å². The first-order valence-electron chi connectivity index (χ1n) is 6.57. The second-order valence-corrected chi connectivity index (χ2v) is 5.06. The summed E-state index contributed by atoms with van der Waals surface area (Å²) in [7, 11) is 0. The fraction of sp³-hybridized carbons (Fsp3) is 0.333. The topological polar surface area (TPSA) is 37.8 Å². The molecule has 0 fully saturated rings. The fourth-order valence-corrected chi connectivity index (χ4v) is 2.15. The van der Waals surface area contributed by atoms with Gasteiger partial charge in [-0.25, -0.2) is 14.4 Å². The number of nitrogens with one attached hydrogen (secondary N) is 1. The van der Waals surface area contributed by atoms with Crippen LogP contribution in [0.5, 0.6) is 0 Å². The Hall–Kier alpha value is -1.68. The Morgan fingerprint density at radius 1 is 1.25 bits per heavy atom. The average Bonchev–Trinajstić information content (AvgIpc) is 2.42. The Morgan fingerprint density at radius 2 is 2.00 bits per heavy atom. The minimum Gasteiger partial charge on any atom is -0.370 e. The molecule has 0 aliphatic heterocycles. The second kappa shape index (κ2) is 6.18. The minimum atomic E-state index is -0.428. The van der Waals surface area contributed by atoms with Crippen molar-refractivity contribution in [2.75, 3.05) is 11.9 Å². The largest absolute Gasteiger partial charge is 0.370 e. The predicted octanol–water partition coefficient (Wildman–Crippen LogP) is 4.37. The Bertz CT molecular complexity index is 629. The zero-order valence-electron chi connectivity index (χ0n) is 11.8. The fourth-order valence-electron chi connectivity index (χ4n) is 1.97. The van der Waals surface area contributed by atoms with Crippen LogP contribution in [0.15, 0.2) is 18.2 Å². The van der Waals surface area contributed by atoms with Gasteiger partial charge in [0.1, 0.15) is 17.5 Å². The van der Waals surface area contributed by atoms with Gasteiger partial charge in [0, 0.05) is 17.7 Å².